The maximum atomic E-state index is 13.3. The Morgan fingerprint density at radius 2 is 1.74 bits per heavy atom. The molecule has 0 spiro atoms. The van der Waals surface area contributed by atoms with E-state index in [1.165, 1.54) is 6.08 Å². The molecular weight excluding hydrogens is 440 g/mol. The topological polar surface area (TPSA) is 70.1 Å². The summed E-state index contributed by atoms with van der Waals surface area (Å²) in [6.07, 6.45) is 4.78. The number of allylic oxidation sites excluding steroid dienone is 1. The maximum absolute atomic E-state index is 13.3. The third-order valence-electron chi connectivity index (χ3n) is 6.23. The number of hydrogen-bond donors (Lipinski definition) is 1. The minimum atomic E-state index is -0.646. The lowest BCUT2D eigenvalue weighted by molar-refractivity contribution is -0.129. The van der Waals surface area contributed by atoms with Gasteiger partial charge in [-0.15, -0.1) is 0 Å². The quantitative estimate of drug-likeness (QED) is 0.403. The predicted molar refractivity (Wildman–Crippen MR) is 139 cm³/mol. The number of aliphatic hydroxyl groups excluding tert-OH is 1. The first kappa shape index (κ1) is 26.2. The molecule has 1 amide bonds. The summed E-state index contributed by atoms with van der Waals surface area (Å²) in [5.74, 6) is -0.607. The number of hydrogen-bond acceptors (Lipinski definition) is 5. The van der Waals surface area contributed by atoms with Crippen molar-refractivity contribution in [2.45, 2.75) is 39.7 Å². The molecule has 1 N–H and O–H groups in total. The zero-order chi connectivity index (χ0) is 25.2. The first-order valence-corrected chi connectivity index (χ1v) is 12.5. The highest BCUT2D eigenvalue weighted by Crippen LogP contribution is 2.38. The fraction of sp³-hybridized carbons (Fsp3) is 0.379. The lowest BCUT2D eigenvalue weighted by atomic mass is 9.95. The Labute approximate surface area is 208 Å². The number of ketones is 1. The summed E-state index contributed by atoms with van der Waals surface area (Å²) in [5, 5.41) is 10.8. The van der Waals surface area contributed by atoms with Crippen LogP contribution >= 0.6 is 0 Å². The van der Waals surface area contributed by atoms with Crippen LogP contribution in [0.5, 0.6) is 5.75 Å². The van der Waals surface area contributed by atoms with E-state index in [0.29, 0.717) is 13.2 Å². The number of nitrogens with zero attached hydrogens (tertiary/aromatic N) is 2. The summed E-state index contributed by atoms with van der Waals surface area (Å²) in [7, 11) is 0. The van der Waals surface area contributed by atoms with Gasteiger partial charge in [-0.05, 0) is 61.8 Å². The van der Waals surface area contributed by atoms with Gasteiger partial charge in [0, 0.05) is 6.54 Å². The minimum Gasteiger partial charge on any atom is -0.503 e. The zero-order valence-corrected chi connectivity index (χ0v) is 20.9. The number of aliphatic hydroxyl groups is 1. The molecule has 186 valence electrons. The molecule has 0 aromatic heterocycles. The fourth-order valence-corrected chi connectivity index (χ4v) is 4.28. The number of rotatable bonds is 13. The van der Waals surface area contributed by atoms with Crippen molar-refractivity contribution in [3.05, 3.63) is 83.1 Å². The second kappa shape index (κ2) is 12.9. The van der Waals surface area contributed by atoms with Gasteiger partial charge in [-0.2, -0.15) is 0 Å². The fourth-order valence-electron chi connectivity index (χ4n) is 4.28. The Kier molecular flexibility index (Phi) is 9.67. The molecule has 0 aliphatic carbocycles. The first-order valence-electron chi connectivity index (χ1n) is 12.5. The molecular formula is C29H36N2O4. The molecule has 2 aromatic rings. The van der Waals surface area contributed by atoms with Gasteiger partial charge in [-0.1, -0.05) is 69.3 Å². The number of amides is 1. The predicted octanol–water partition coefficient (Wildman–Crippen LogP) is 5.19. The van der Waals surface area contributed by atoms with Crippen molar-refractivity contribution < 1.29 is 19.4 Å². The van der Waals surface area contributed by atoms with Gasteiger partial charge in [0.2, 0.25) is 0 Å². The number of carbonyl (C=O) groups excluding carboxylic acids is 2. The van der Waals surface area contributed by atoms with Crippen molar-refractivity contribution in [1.82, 2.24) is 9.80 Å². The smallest absolute Gasteiger partial charge is 0.290 e. The molecule has 0 saturated carbocycles. The van der Waals surface area contributed by atoms with Gasteiger partial charge in [0.1, 0.15) is 5.75 Å². The lowest BCUT2D eigenvalue weighted by Crippen LogP contribution is -2.34. The van der Waals surface area contributed by atoms with Gasteiger partial charge in [0.15, 0.2) is 11.5 Å². The summed E-state index contributed by atoms with van der Waals surface area (Å²) in [4.78, 5) is 30.3. The molecule has 35 heavy (non-hydrogen) atoms. The Balaban J connectivity index is 1.89. The van der Waals surface area contributed by atoms with Crippen LogP contribution in [0.4, 0.5) is 0 Å². The molecule has 1 unspecified atom stereocenters. The van der Waals surface area contributed by atoms with Gasteiger partial charge in [0.25, 0.3) is 5.91 Å². The Bertz CT molecular complexity index is 1040. The molecule has 2 aromatic carbocycles. The van der Waals surface area contributed by atoms with Crippen molar-refractivity contribution >= 4 is 17.8 Å². The van der Waals surface area contributed by atoms with Crippen LogP contribution in [0.3, 0.4) is 0 Å². The summed E-state index contributed by atoms with van der Waals surface area (Å²) in [5.41, 5.74) is 1.76. The number of carbonyl (C=O) groups is 2. The third kappa shape index (κ3) is 6.61. The van der Waals surface area contributed by atoms with Gasteiger partial charge in [-0.25, -0.2) is 0 Å². The van der Waals surface area contributed by atoms with Crippen LogP contribution in [0.25, 0.3) is 6.08 Å². The van der Waals surface area contributed by atoms with Crippen LogP contribution in [0.15, 0.2) is 72.0 Å². The Morgan fingerprint density at radius 3 is 2.37 bits per heavy atom. The third-order valence-corrected chi connectivity index (χ3v) is 6.23. The van der Waals surface area contributed by atoms with Crippen LogP contribution in [-0.2, 0) is 9.59 Å². The van der Waals surface area contributed by atoms with Crippen LogP contribution in [0.1, 0.15) is 50.8 Å². The minimum absolute atomic E-state index is 0.118. The number of benzene rings is 2. The largest absolute Gasteiger partial charge is 0.503 e. The van der Waals surface area contributed by atoms with E-state index in [-0.39, 0.29) is 11.4 Å². The van der Waals surface area contributed by atoms with Crippen molar-refractivity contribution in [3.63, 3.8) is 0 Å². The summed E-state index contributed by atoms with van der Waals surface area (Å²) in [6, 6.07) is 16.3. The van der Waals surface area contributed by atoms with E-state index in [1.54, 1.807) is 11.0 Å². The summed E-state index contributed by atoms with van der Waals surface area (Å²) < 4.78 is 5.69. The average molecular weight is 477 g/mol. The zero-order valence-electron chi connectivity index (χ0n) is 20.9. The van der Waals surface area contributed by atoms with Gasteiger partial charge in [0.05, 0.1) is 18.2 Å². The highest BCUT2D eigenvalue weighted by atomic mass is 16.5. The van der Waals surface area contributed by atoms with Crippen LogP contribution in [-0.4, -0.2) is 59.4 Å². The molecule has 1 heterocycles. The standard InChI is InChI=1S/C29H36N2O4/c1-4-21-35-24-16-14-23(15-17-24)27-26(25(32)18-13-22-11-8-7-9-12-22)28(33)29(34)31(27)20-10-19-30(5-2)6-3/h7-9,11-18,27,33H,4-6,10,19-21H2,1-3H3. The van der Waals surface area contributed by atoms with Crippen molar-refractivity contribution in [1.29, 1.82) is 0 Å². The molecule has 0 bridgehead atoms. The molecule has 1 aliphatic rings. The van der Waals surface area contributed by atoms with E-state index in [0.717, 1.165) is 49.4 Å². The monoisotopic (exact) mass is 476 g/mol. The highest BCUT2D eigenvalue weighted by Gasteiger charge is 2.42. The first-order chi connectivity index (χ1) is 17.0. The van der Waals surface area contributed by atoms with Crippen molar-refractivity contribution in [3.8, 4) is 5.75 Å². The molecule has 6 nitrogen and oxygen atoms in total. The SMILES string of the molecule is CCCOc1ccc(C2C(C(=O)C=Cc3ccccc3)=C(O)C(=O)N2CCCN(CC)CC)cc1. The second-order valence-corrected chi connectivity index (χ2v) is 8.57. The van der Waals surface area contributed by atoms with E-state index >= 15 is 0 Å². The molecule has 1 atom stereocenters. The van der Waals surface area contributed by atoms with Crippen molar-refractivity contribution in [2.75, 3.05) is 32.8 Å². The van der Waals surface area contributed by atoms with E-state index in [4.69, 9.17) is 4.74 Å². The van der Waals surface area contributed by atoms with Crippen LogP contribution < -0.4 is 4.74 Å². The highest BCUT2D eigenvalue weighted by molar-refractivity contribution is 6.14. The van der Waals surface area contributed by atoms with Gasteiger partial charge in [-0.3, -0.25) is 9.59 Å². The second-order valence-electron chi connectivity index (χ2n) is 8.57. The number of ether oxygens (including phenoxy) is 1. The molecule has 1 aliphatic heterocycles. The average Bonchev–Trinajstić information content (AvgIpc) is 3.14. The van der Waals surface area contributed by atoms with E-state index in [1.807, 2.05) is 61.5 Å². The normalized spacial score (nSPS) is 16.1. The molecule has 6 heteroatoms. The van der Waals surface area contributed by atoms with E-state index in [9.17, 15) is 14.7 Å². The molecule has 0 radical (unpaired) electrons. The molecule has 3 rings (SSSR count). The van der Waals surface area contributed by atoms with E-state index in [2.05, 4.69) is 18.7 Å². The maximum Gasteiger partial charge on any atom is 0.290 e. The lowest BCUT2D eigenvalue weighted by Gasteiger charge is -2.28. The summed E-state index contributed by atoms with van der Waals surface area (Å²) in [6.45, 7) is 10.0. The van der Waals surface area contributed by atoms with Gasteiger partial charge < -0.3 is 19.6 Å². The molecule has 0 fully saturated rings. The van der Waals surface area contributed by atoms with Crippen LogP contribution in [0, 0.1) is 0 Å². The Morgan fingerprint density at radius 1 is 1.06 bits per heavy atom. The van der Waals surface area contributed by atoms with Gasteiger partial charge >= 0.3 is 0 Å². The van der Waals surface area contributed by atoms with Crippen LogP contribution in [0.2, 0.25) is 0 Å². The molecule has 0 saturated heterocycles. The summed E-state index contributed by atoms with van der Waals surface area (Å²) >= 11 is 0. The van der Waals surface area contributed by atoms with E-state index < -0.39 is 17.7 Å². The van der Waals surface area contributed by atoms with Crippen molar-refractivity contribution in [2.24, 2.45) is 0 Å². The Hall–Kier alpha value is -3.38.